The summed E-state index contributed by atoms with van der Waals surface area (Å²) < 4.78 is 0. The fourth-order valence-electron chi connectivity index (χ4n) is 4.66. The van der Waals surface area contributed by atoms with E-state index in [1.54, 1.807) is 0 Å². The number of benzene rings is 1. The first-order valence-electron chi connectivity index (χ1n) is 11.7. The second kappa shape index (κ2) is 11.4. The molecule has 2 aliphatic rings. The van der Waals surface area contributed by atoms with Crippen LogP contribution < -0.4 is 15.5 Å². The monoisotopic (exact) mass is 400 g/mol. The smallest absolute Gasteiger partial charge is 0.191 e. The van der Waals surface area contributed by atoms with Gasteiger partial charge in [-0.1, -0.05) is 38.3 Å². The van der Waals surface area contributed by atoms with Crippen LogP contribution in [0.3, 0.4) is 0 Å². The minimum atomic E-state index is 0.326. The third-order valence-electron chi connectivity index (χ3n) is 6.64. The van der Waals surface area contributed by atoms with E-state index in [1.165, 1.54) is 43.4 Å². The molecule has 1 aromatic rings. The van der Waals surface area contributed by atoms with E-state index in [1.807, 2.05) is 0 Å². The van der Waals surface area contributed by atoms with Crippen LogP contribution in [0.5, 0.6) is 0 Å². The fraction of sp³-hybridized carbons (Fsp3) is 0.708. The normalized spacial score (nSPS) is 23.8. The van der Waals surface area contributed by atoms with Gasteiger partial charge in [-0.15, -0.1) is 0 Å². The van der Waals surface area contributed by atoms with Crippen LogP contribution in [0, 0.1) is 11.8 Å². The summed E-state index contributed by atoms with van der Waals surface area (Å²) in [5.74, 6) is 2.29. The van der Waals surface area contributed by atoms with Crippen LogP contribution in [0.4, 0.5) is 5.69 Å². The van der Waals surface area contributed by atoms with E-state index in [-0.39, 0.29) is 0 Å². The number of aliphatic hydroxyl groups is 1. The van der Waals surface area contributed by atoms with Crippen molar-refractivity contribution in [1.82, 2.24) is 10.6 Å². The molecule has 0 bridgehead atoms. The summed E-state index contributed by atoms with van der Waals surface area (Å²) in [6.07, 6.45) is 8.68. The zero-order chi connectivity index (χ0) is 20.5. The Morgan fingerprint density at radius 1 is 1.07 bits per heavy atom. The van der Waals surface area contributed by atoms with Crippen molar-refractivity contribution in [2.75, 3.05) is 31.1 Å². The first-order valence-corrected chi connectivity index (χ1v) is 11.7. The molecule has 2 atom stereocenters. The average molecular weight is 401 g/mol. The molecule has 2 fully saturated rings. The Bertz CT molecular complexity index is 622. The van der Waals surface area contributed by atoms with Crippen molar-refractivity contribution in [3.63, 3.8) is 0 Å². The molecule has 0 aromatic heterocycles. The fourth-order valence-corrected chi connectivity index (χ4v) is 4.66. The van der Waals surface area contributed by atoms with Crippen LogP contribution in [0.2, 0.25) is 0 Å². The Labute approximate surface area is 177 Å². The van der Waals surface area contributed by atoms with Gasteiger partial charge in [0.15, 0.2) is 5.96 Å². The van der Waals surface area contributed by atoms with Crippen molar-refractivity contribution < 1.29 is 5.11 Å². The second-order valence-electron chi connectivity index (χ2n) is 8.76. The predicted molar refractivity (Wildman–Crippen MR) is 122 cm³/mol. The van der Waals surface area contributed by atoms with Gasteiger partial charge in [0, 0.05) is 38.0 Å². The largest absolute Gasteiger partial charge is 0.396 e. The van der Waals surface area contributed by atoms with Gasteiger partial charge in [0.25, 0.3) is 0 Å². The molecule has 1 aliphatic carbocycles. The highest BCUT2D eigenvalue weighted by atomic mass is 16.3. The van der Waals surface area contributed by atoms with E-state index in [2.05, 4.69) is 53.6 Å². The molecule has 3 N–H and O–H groups in total. The van der Waals surface area contributed by atoms with Crippen LogP contribution in [0.15, 0.2) is 29.3 Å². The molecule has 0 radical (unpaired) electrons. The maximum Gasteiger partial charge on any atom is 0.191 e. The summed E-state index contributed by atoms with van der Waals surface area (Å²) in [7, 11) is 0. The number of nitrogens with one attached hydrogen (secondary N) is 2. The lowest BCUT2D eigenvalue weighted by Gasteiger charge is -2.33. The Kier molecular flexibility index (Phi) is 8.66. The van der Waals surface area contributed by atoms with Gasteiger partial charge in [-0.2, -0.15) is 0 Å². The summed E-state index contributed by atoms with van der Waals surface area (Å²) in [6.45, 7) is 8.43. The molecule has 0 spiro atoms. The first-order chi connectivity index (χ1) is 14.2. The summed E-state index contributed by atoms with van der Waals surface area (Å²) in [4.78, 5) is 7.27. The van der Waals surface area contributed by atoms with Gasteiger partial charge in [0.2, 0.25) is 0 Å². The SMILES string of the molecule is CCNC(=NCc1ccc(N2CCC(CO)CC2)cc1)NC1CCCC(CC)C1. The van der Waals surface area contributed by atoms with E-state index < -0.39 is 0 Å². The summed E-state index contributed by atoms with van der Waals surface area (Å²) in [5.41, 5.74) is 2.53. The van der Waals surface area contributed by atoms with Crippen molar-refractivity contribution >= 4 is 11.6 Å². The quantitative estimate of drug-likeness (QED) is 0.480. The topological polar surface area (TPSA) is 59.9 Å². The second-order valence-corrected chi connectivity index (χ2v) is 8.76. The number of hydrogen-bond donors (Lipinski definition) is 3. The van der Waals surface area contributed by atoms with Crippen molar-refractivity contribution in [3.8, 4) is 0 Å². The van der Waals surface area contributed by atoms with E-state index in [0.29, 0.717) is 25.1 Å². The maximum atomic E-state index is 9.31. The Morgan fingerprint density at radius 2 is 1.83 bits per heavy atom. The van der Waals surface area contributed by atoms with Gasteiger partial charge in [-0.3, -0.25) is 0 Å². The van der Waals surface area contributed by atoms with Gasteiger partial charge >= 0.3 is 0 Å². The molecule has 1 aliphatic heterocycles. The molecule has 29 heavy (non-hydrogen) atoms. The summed E-state index contributed by atoms with van der Waals surface area (Å²) in [5, 5.41) is 16.4. The number of guanidine groups is 1. The molecular weight excluding hydrogens is 360 g/mol. The average Bonchev–Trinajstić information content (AvgIpc) is 2.78. The number of anilines is 1. The molecular formula is C24H40N4O. The van der Waals surface area contributed by atoms with Crippen LogP contribution in [-0.2, 0) is 6.54 Å². The Hall–Kier alpha value is -1.75. The summed E-state index contributed by atoms with van der Waals surface area (Å²) >= 11 is 0. The molecule has 1 saturated heterocycles. The number of aliphatic imine (C=N–C) groups is 1. The molecule has 1 saturated carbocycles. The van der Waals surface area contributed by atoms with Crippen LogP contribution in [0.25, 0.3) is 0 Å². The zero-order valence-corrected chi connectivity index (χ0v) is 18.4. The van der Waals surface area contributed by atoms with Gasteiger partial charge in [0.05, 0.1) is 6.54 Å². The Balaban J connectivity index is 1.53. The number of rotatable bonds is 7. The lowest BCUT2D eigenvalue weighted by molar-refractivity contribution is 0.203. The van der Waals surface area contributed by atoms with Crippen LogP contribution in [0.1, 0.15) is 64.4 Å². The lowest BCUT2D eigenvalue weighted by Crippen LogP contribution is -2.45. The minimum absolute atomic E-state index is 0.326. The molecule has 0 amide bonds. The number of piperidine rings is 1. The van der Waals surface area contributed by atoms with Gasteiger partial charge < -0.3 is 20.6 Å². The molecule has 1 aromatic carbocycles. The standard InChI is InChI=1S/C24H40N4O/c1-3-19-6-5-7-22(16-19)27-24(25-4-2)26-17-20-8-10-23(11-9-20)28-14-12-21(18-29)13-15-28/h8-11,19,21-22,29H,3-7,12-18H2,1-2H3,(H2,25,26,27). The molecule has 5 heteroatoms. The minimum Gasteiger partial charge on any atom is -0.396 e. The summed E-state index contributed by atoms with van der Waals surface area (Å²) in [6, 6.07) is 9.40. The van der Waals surface area contributed by atoms with E-state index in [9.17, 15) is 5.11 Å². The number of nitrogens with zero attached hydrogens (tertiary/aromatic N) is 2. The molecule has 162 valence electrons. The van der Waals surface area contributed by atoms with Crippen molar-refractivity contribution in [2.24, 2.45) is 16.8 Å². The molecule has 1 heterocycles. The van der Waals surface area contributed by atoms with Crippen LogP contribution in [-0.4, -0.2) is 43.3 Å². The van der Waals surface area contributed by atoms with E-state index in [4.69, 9.17) is 4.99 Å². The Morgan fingerprint density at radius 3 is 2.48 bits per heavy atom. The van der Waals surface area contributed by atoms with Crippen molar-refractivity contribution in [2.45, 2.75) is 71.4 Å². The van der Waals surface area contributed by atoms with E-state index in [0.717, 1.165) is 44.4 Å². The zero-order valence-electron chi connectivity index (χ0n) is 18.4. The van der Waals surface area contributed by atoms with Gasteiger partial charge in [-0.05, 0) is 62.1 Å². The third kappa shape index (κ3) is 6.63. The molecule has 5 nitrogen and oxygen atoms in total. The van der Waals surface area contributed by atoms with Crippen molar-refractivity contribution in [1.29, 1.82) is 0 Å². The third-order valence-corrected chi connectivity index (χ3v) is 6.64. The first kappa shape index (κ1) is 21.9. The maximum absolute atomic E-state index is 9.31. The number of hydrogen-bond acceptors (Lipinski definition) is 3. The predicted octanol–water partition coefficient (Wildman–Crippen LogP) is 3.92. The van der Waals surface area contributed by atoms with E-state index >= 15 is 0 Å². The highest BCUT2D eigenvalue weighted by Crippen LogP contribution is 2.26. The van der Waals surface area contributed by atoms with Gasteiger partial charge in [-0.25, -0.2) is 4.99 Å². The highest BCUT2D eigenvalue weighted by molar-refractivity contribution is 5.80. The lowest BCUT2D eigenvalue weighted by atomic mass is 9.84. The van der Waals surface area contributed by atoms with Crippen molar-refractivity contribution in [3.05, 3.63) is 29.8 Å². The number of aliphatic hydroxyl groups excluding tert-OH is 1. The van der Waals surface area contributed by atoms with Crippen LogP contribution >= 0.6 is 0 Å². The molecule has 2 unspecified atom stereocenters. The highest BCUT2D eigenvalue weighted by Gasteiger charge is 2.21. The van der Waals surface area contributed by atoms with Gasteiger partial charge in [0.1, 0.15) is 0 Å². The molecule has 3 rings (SSSR count).